The van der Waals surface area contributed by atoms with Crippen LogP contribution in [-0.2, 0) is 17.9 Å². The summed E-state index contributed by atoms with van der Waals surface area (Å²) in [5, 5.41) is 7.38. The van der Waals surface area contributed by atoms with E-state index in [2.05, 4.69) is 15.4 Å². The molecular weight excluding hydrogens is 429 g/mol. The van der Waals surface area contributed by atoms with Gasteiger partial charge in [-0.2, -0.15) is 5.10 Å². The summed E-state index contributed by atoms with van der Waals surface area (Å²) in [6, 6.07) is 13.2. The van der Waals surface area contributed by atoms with Crippen LogP contribution in [0, 0.1) is 5.82 Å². The summed E-state index contributed by atoms with van der Waals surface area (Å²) in [5.41, 5.74) is 0.798. The number of carbonyl (C=O) groups excluding carboxylic acids is 1. The monoisotopic (exact) mass is 449 g/mol. The first-order chi connectivity index (χ1) is 16.1. The van der Waals surface area contributed by atoms with Crippen molar-refractivity contribution in [2.75, 3.05) is 13.2 Å². The quantitative estimate of drug-likeness (QED) is 0.481. The number of nitrogens with zero attached hydrogens (tertiary/aromatic N) is 4. The molecule has 0 fully saturated rings. The average molecular weight is 449 g/mol. The van der Waals surface area contributed by atoms with Crippen LogP contribution in [0.3, 0.4) is 0 Å². The Morgan fingerprint density at radius 1 is 1.18 bits per heavy atom. The van der Waals surface area contributed by atoms with Gasteiger partial charge in [-0.1, -0.05) is 24.3 Å². The Bertz CT molecular complexity index is 1380. The van der Waals surface area contributed by atoms with E-state index in [1.807, 2.05) is 12.1 Å². The number of aromatic nitrogens is 4. The Morgan fingerprint density at radius 3 is 2.88 bits per heavy atom. The lowest BCUT2D eigenvalue weighted by Crippen LogP contribution is -2.44. The molecule has 0 radical (unpaired) electrons. The van der Waals surface area contributed by atoms with Crippen molar-refractivity contribution in [3.8, 4) is 11.5 Å². The van der Waals surface area contributed by atoms with Crippen molar-refractivity contribution in [2.45, 2.75) is 19.2 Å². The predicted molar refractivity (Wildman–Crippen MR) is 117 cm³/mol. The van der Waals surface area contributed by atoms with E-state index in [0.29, 0.717) is 34.6 Å². The Balaban J connectivity index is 1.22. The van der Waals surface area contributed by atoms with Gasteiger partial charge in [-0.25, -0.2) is 14.1 Å². The van der Waals surface area contributed by atoms with Gasteiger partial charge in [0.2, 0.25) is 6.10 Å². The molecule has 1 N–H and O–H groups in total. The molecule has 168 valence electrons. The first kappa shape index (κ1) is 20.7. The van der Waals surface area contributed by atoms with E-state index in [-0.39, 0.29) is 37.0 Å². The van der Waals surface area contributed by atoms with E-state index in [1.54, 1.807) is 28.9 Å². The zero-order valence-corrected chi connectivity index (χ0v) is 17.5. The number of fused-ring (bicyclic) bond motifs is 2. The van der Waals surface area contributed by atoms with Crippen molar-refractivity contribution in [3.05, 3.63) is 82.8 Å². The van der Waals surface area contributed by atoms with Gasteiger partial charge in [-0.05, 0) is 29.8 Å². The van der Waals surface area contributed by atoms with Gasteiger partial charge in [0.25, 0.3) is 11.5 Å². The third kappa shape index (κ3) is 4.27. The smallest absolute Gasteiger partial charge is 0.264 e. The molecule has 0 aliphatic carbocycles. The van der Waals surface area contributed by atoms with Crippen molar-refractivity contribution in [3.63, 3.8) is 0 Å². The van der Waals surface area contributed by atoms with Crippen LogP contribution in [-0.4, -0.2) is 44.5 Å². The number of rotatable bonds is 6. The second-order valence-corrected chi connectivity index (χ2v) is 7.57. The van der Waals surface area contributed by atoms with E-state index in [1.165, 1.54) is 29.2 Å². The maximum absolute atomic E-state index is 13.4. The molecule has 0 saturated heterocycles. The number of ether oxygens (including phenoxy) is 2. The van der Waals surface area contributed by atoms with Gasteiger partial charge in [0.1, 0.15) is 24.1 Å². The third-order valence-electron chi connectivity index (χ3n) is 5.29. The largest absolute Gasteiger partial charge is 0.485 e. The summed E-state index contributed by atoms with van der Waals surface area (Å²) < 4.78 is 27.7. The summed E-state index contributed by atoms with van der Waals surface area (Å²) >= 11 is 0. The summed E-state index contributed by atoms with van der Waals surface area (Å²) in [6.07, 6.45) is 2.11. The molecule has 4 aromatic rings. The van der Waals surface area contributed by atoms with Crippen LogP contribution in [0.2, 0.25) is 0 Å². The predicted octanol–water partition coefficient (Wildman–Crippen LogP) is 1.74. The van der Waals surface area contributed by atoms with Gasteiger partial charge in [-0.15, -0.1) is 0 Å². The molecule has 5 rings (SSSR count). The number of halogens is 1. The van der Waals surface area contributed by atoms with Crippen LogP contribution in [0.5, 0.6) is 11.5 Å². The van der Waals surface area contributed by atoms with Crippen LogP contribution in [0.25, 0.3) is 11.0 Å². The minimum absolute atomic E-state index is 0.125. The average Bonchev–Trinajstić information content (AvgIpc) is 3.24. The normalized spacial score (nSPS) is 14.9. The highest BCUT2D eigenvalue weighted by Gasteiger charge is 2.27. The molecule has 2 aromatic heterocycles. The number of carbonyl (C=O) groups is 1. The fourth-order valence-corrected chi connectivity index (χ4v) is 3.65. The fraction of sp³-hybridized carbons (Fsp3) is 0.217. The maximum Gasteiger partial charge on any atom is 0.264 e. The Kier molecular flexibility index (Phi) is 5.47. The lowest BCUT2D eigenvalue weighted by atomic mass is 10.2. The standard InChI is InChI=1S/C23H20FN5O4/c24-16-5-3-4-15(10-16)12-28-14-26-21-17(23(28)31)11-27-29(21)9-8-25-22(30)20-13-32-18-6-1-2-7-19(18)33-20/h1-7,10-11,14,20H,8-9,12-13H2,(H,25,30). The molecular formula is C23H20FN5O4. The summed E-state index contributed by atoms with van der Waals surface area (Å²) in [6.45, 7) is 0.915. The van der Waals surface area contributed by atoms with Gasteiger partial charge in [0.05, 0.1) is 19.3 Å². The lowest BCUT2D eigenvalue weighted by Gasteiger charge is -2.25. The van der Waals surface area contributed by atoms with E-state index in [9.17, 15) is 14.0 Å². The van der Waals surface area contributed by atoms with Crippen LogP contribution in [0.1, 0.15) is 5.56 Å². The minimum Gasteiger partial charge on any atom is -0.485 e. The second-order valence-electron chi connectivity index (χ2n) is 7.57. The fourth-order valence-electron chi connectivity index (χ4n) is 3.65. The molecule has 2 aromatic carbocycles. The van der Waals surface area contributed by atoms with Gasteiger partial charge in [0, 0.05) is 6.54 Å². The molecule has 1 unspecified atom stereocenters. The number of hydrogen-bond acceptors (Lipinski definition) is 6. The maximum atomic E-state index is 13.4. The molecule has 0 saturated carbocycles. The zero-order chi connectivity index (χ0) is 22.8. The zero-order valence-electron chi connectivity index (χ0n) is 17.5. The van der Waals surface area contributed by atoms with Gasteiger partial charge >= 0.3 is 0 Å². The van der Waals surface area contributed by atoms with E-state index < -0.39 is 6.10 Å². The van der Waals surface area contributed by atoms with Gasteiger partial charge in [0.15, 0.2) is 17.1 Å². The molecule has 9 nitrogen and oxygen atoms in total. The second kappa shape index (κ2) is 8.73. The van der Waals surface area contributed by atoms with Crippen LogP contribution in [0.4, 0.5) is 4.39 Å². The highest BCUT2D eigenvalue weighted by atomic mass is 19.1. The SMILES string of the molecule is O=C(NCCn1ncc2c(=O)n(Cc3cccc(F)c3)cnc21)C1COc2ccccc2O1. The Labute approximate surface area is 187 Å². The molecule has 10 heteroatoms. The molecule has 0 spiro atoms. The number of para-hydroxylation sites is 2. The Hall–Kier alpha value is -4.21. The molecule has 1 aliphatic heterocycles. The molecule has 3 heterocycles. The minimum atomic E-state index is -0.748. The van der Waals surface area contributed by atoms with E-state index >= 15 is 0 Å². The molecule has 0 bridgehead atoms. The third-order valence-corrected chi connectivity index (χ3v) is 5.29. The number of amides is 1. The van der Waals surface area contributed by atoms with Crippen LogP contribution >= 0.6 is 0 Å². The number of benzene rings is 2. The van der Waals surface area contributed by atoms with Gasteiger partial charge in [-0.3, -0.25) is 14.2 Å². The molecule has 1 atom stereocenters. The number of hydrogen-bond donors (Lipinski definition) is 1. The first-order valence-electron chi connectivity index (χ1n) is 10.4. The highest BCUT2D eigenvalue weighted by molar-refractivity contribution is 5.81. The highest BCUT2D eigenvalue weighted by Crippen LogP contribution is 2.30. The van der Waals surface area contributed by atoms with Gasteiger partial charge < -0.3 is 14.8 Å². The topological polar surface area (TPSA) is 100 Å². The summed E-state index contributed by atoms with van der Waals surface area (Å²) in [7, 11) is 0. The van der Waals surface area contributed by atoms with E-state index in [0.717, 1.165) is 0 Å². The first-order valence-corrected chi connectivity index (χ1v) is 10.4. The lowest BCUT2D eigenvalue weighted by molar-refractivity contribution is -0.130. The molecule has 1 aliphatic rings. The van der Waals surface area contributed by atoms with Crippen molar-refractivity contribution >= 4 is 16.9 Å². The Morgan fingerprint density at radius 2 is 2.03 bits per heavy atom. The van der Waals surface area contributed by atoms with E-state index in [4.69, 9.17) is 9.47 Å². The van der Waals surface area contributed by atoms with Crippen molar-refractivity contribution in [1.82, 2.24) is 24.6 Å². The number of nitrogens with one attached hydrogen (secondary N) is 1. The van der Waals surface area contributed by atoms with Crippen molar-refractivity contribution in [2.24, 2.45) is 0 Å². The molecule has 33 heavy (non-hydrogen) atoms. The molecule has 1 amide bonds. The van der Waals surface area contributed by atoms with Crippen molar-refractivity contribution in [1.29, 1.82) is 0 Å². The van der Waals surface area contributed by atoms with Crippen LogP contribution in [0.15, 0.2) is 65.8 Å². The van der Waals surface area contributed by atoms with Crippen molar-refractivity contribution < 1.29 is 18.7 Å². The summed E-state index contributed by atoms with van der Waals surface area (Å²) in [4.78, 5) is 29.6. The summed E-state index contributed by atoms with van der Waals surface area (Å²) in [5.74, 6) is 0.476. The van der Waals surface area contributed by atoms with Crippen LogP contribution < -0.4 is 20.3 Å².